The van der Waals surface area contributed by atoms with E-state index in [9.17, 15) is 10.1 Å². The number of para-hydroxylation sites is 1. The number of carbonyl (C=O) groups is 1. The van der Waals surface area contributed by atoms with Crippen LogP contribution >= 0.6 is 0 Å². The number of nitrogens with zero attached hydrogens (tertiary/aromatic N) is 3. The summed E-state index contributed by atoms with van der Waals surface area (Å²) in [5, 5.41) is 20.9. The van der Waals surface area contributed by atoms with Crippen molar-refractivity contribution in [2.75, 3.05) is 11.9 Å². The molecule has 112 valence electrons. The van der Waals surface area contributed by atoms with E-state index in [-0.39, 0.29) is 5.57 Å². The van der Waals surface area contributed by atoms with Gasteiger partial charge in [-0.1, -0.05) is 12.1 Å². The van der Waals surface area contributed by atoms with E-state index < -0.39 is 5.91 Å². The van der Waals surface area contributed by atoms with Crippen molar-refractivity contribution in [3.8, 4) is 12.1 Å². The molecule has 0 saturated carbocycles. The fourth-order valence-corrected chi connectivity index (χ4v) is 2.50. The molecule has 0 radical (unpaired) electrons. The van der Waals surface area contributed by atoms with Gasteiger partial charge in [-0.3, -0.25) is 4.79 Å². The average Bonchev–Trinajstić information content (AvgIpc) is 2.54. The van der Waals surface area contributed by atoms with Gasteiger partial charge in [-0.25, -0.2) is 0 Å². The van der Waals surface area contributed by atoms with Crippen LogP contribution in [0.15, 0.2) is 36.0 Å². The van der Waals surface area contributed by atoms with E-state index in [0.29, 0.717) is 17.3 Å². The van der Waals surface area contributed by atoms with E-state index in [1.807, 2.05) is 17.0 Å². The molecule has 1 fully saturated rings. The molecule has 1 aromatic carbocycles. The van der Waals surface area contributed by atoms with Gasteiger partial charge in [0.15, 0.2) is 0 Å². The first-order valence-corrected chi connectivity index (χ1v) is 7.34. The summed E-state index contributed by atoms with van der Waals surface area (Å²) in [5.74, 6) is -0.483. The molecule has 2 rings (SSSR count). The number of hydrogen-bond acceptors (Lipinski definition) is 4. The molecule has 0 bridgehead atoms. The van der Waals surface area contributed by atoms with Crippen LogP contribution in [-0.2, 0) is 4.79 Å². The van der Waals surface area contributed by atoms with Gasteiger partial charge in [0.25, 0.3) is 5.91 Å². The molecule has 1 atom stereocenters. The zero-order chi connectivity index (χ0) is 15.9. The Morgan fingerprint density at radius 2 is 2.14 bits per heavy atom. The van der Waals surface area contributed by atoms with Crippen LogP contribution < -0.4 is 5.32 Å². The van der Waals surface area contributed by atoms with Gasteiger partial charge in [0.2, 0.25) is 0 Å². The SMILES string of the molecule is CC1CCCCN1/C=C(/C#N)C(=O)Nc1ccccc1C#N. The lowest BCUT2D eigenvalue weighted by molar-refractivity contribution is -0.112. The van der Waals surface area contributed by atoms with E-state index in [1.165, 1.54) is 6.42 Å². The Hall–Kier alpha value is -2.79. The number of nitriles is 2. The van der Waals surface area contributed by atoms with Crippen LogP contribution in [0.5, 0.6) is 0 Å². The van der Waals surface area contributed by atoms with Gasteiger partial charge in [-0.15, -0.1) is 0 Å². The van der Waals surface area contributed by atoms with Crippen molar-refractivity contribution in [1.29, 1.82) is 10.5 Å². The molecular weight excluding hydrogens is 276 g/mol. The second kappa shape index (κ2) is 7.28. The van der Waals surface area contributed by atoms with Gasteiger partial charge in [-0.05, 0) is 38.3 Å². The molecule has 22 heavy (non-hydrogen) atoms. The molecule has 0 aromatic heterocycles. The van der Waals surface area contributed by atoms with E-state index in [2.05, 4.69) is 12.2 Å². The summed E-state index contributed by atoms with van der Waals surface area (Å²) in [6.45, 7) is 2.95. The third-order valence-electron chi connectivity index (χ3n) is 3.81. The molecule has 1 aliphatic rings. The van der Waals surface area contributed by atoms with E-state index in [1.54, 1.807) is 30.5 Å². The predicted octanol–water partition coefficient (Wildman–Crippen LogP) is 2.78. The molecule has 1 amide bonds. The summed E-state index contributed by atoms with van der Waals surface area (Å²) in [7, 11) is 0. The number of benzene rings is 1. The van der Waals surface area contributed by atoms with Crippen molar-refractivity contribution in [3.05, 3.63) is 41.6 Å². The summed E-state index contributed by atoms with van der Waals surface area (Å²) in [4.78, 5) is 14.3. The predicted molar refractivity (Wildman–Crippen MR) is 83.5 cm³/mol. The third-order valence-corrected chi connectivity index (χ3v) is 3.81. The fraction of sp³-hybridized carbons (Fsp3) is 0.353. The Balaban J connectivity index is 2.16. The minimum Gasteiger partial charge on any atom is -0.373 e. The zero-order valence-electron chi connectivity index (χ0n) is 12.5. The molecule has 0 spiro atoms. The van der Waals surface area contributed by atoms with E-state index in [4.69, 9.17) is 5.26 Å². The van der Waals surface area contributed by atoms with Crippen LogP contribution in [0, 0.1) is 22.7 Å². The largest absolute Gasteiger partial charge is 0.373 e. The normalized spacial score (nSPS) is 18.2. The van der Waals surface area contributed by atoms with E-state index >= 15 is 0 Å². The topological polar surface area (TPSA) is 79.9 Å². The quantitative estimate of drug-likeness (QED) is 0.686. The minimum atomic E-state index is -0.483. The lowest BCUT2D eigenvalue weighted by Gasteiger charge is -2.32. The Bertz CT molecular complexity index is 666. The Morgan fingerprint density at radius 3 is 2.82 bits per heavy atom. The second-order valence-electron chi connectivity index (χ2n) is 5.35. The smallest absolute Gasteiger partial charge is 0.267 e. The molecule has 5 heteroatoms. The summed E-state index contributed by atoms with van der Waals surface area (Å²) in [5.41, 5.74) is 0.851. The van der Waals surface area contributed by atoms with Crippen LogP contribution in [0.1, 0.15) is 31.7 Å². The second-order valence-corrected chi connectivity index (χ2v) is 5.35. The molecule has 1 unspecified atom stereocenters. The lowest BCUT2D eigenvalue weighted by Crippen LogP contribution is -2.34. The number of carbonyl (C=O) groups excluding carboxylic acids is 1. The van der Waals surface area contributed by atoms with Crippen LogP contribution in [-0.4, -0.2) is 23.4 Å². The van der Waals surface area contributed by atoms with Gasteiger partial charge in [0.1, 0.15) is 17.7 Å². The number of anilines is 1. The maximum absolute atomic E-state index is 12.3. The van der Waals surface area contributed by atoms with Crippen LogP contribution in [0.4, 0.5) is 5.69 Å². The maximum Gasteiger partial charge on any atom is 0.267 e. The van der Waals surface area contributed by atoms with Crippen molar-refractivity contribution >= 4 is 11.6 Å². The standard InChI is InChI=1S/C17H18N4O/c1-13-6-4-5-9-21(13)12-15(11-19)17(22)20-16-8-3-2-7-14(16)10-18/h2-3,7-8,12-13H,4-6,9H2,1H3,(H,20,22)/b15-12-. The third kappa shape index (κ3) is 3.65. The lowest BCUT2D eigenvalue weighted by atomic mass is 10.0. The van der Waals surface area contributed by atoms with E-state index in [0.717, 1.165) is 19.4 Å². The number of amides is 1. The first kappa shape index (κ1) is 15.6. The first-order valence-electron chi connectivity index (χ1n) is 7.34. The highest BCUT2D eigenvalue weighted by Gasteiger charge is 2.18. The monoisotopic (exact) mass is 294 g/mol. The number of piperidine rings is 1. The maximum atomic E-state index is 12.3. The number of hydrogen-bond donors (Lipinski definition) is 1. The molecule has 1 saturated heterocycles. The first-order chi connectivity index (χ1) is 10.7. The number of likely N-dealkylation sites (tertiary alicyclic amines) is 1. The van der Waals surface area contributed by atoms with Gasteiger partial charge < -0.3 is 10.2 Å². The fourth-order valence-electron chi connectivity index (χ4n) is 2.50. The van der Waals surface area contributed by atoms with Crippen molar-refractivity contribution in [2.24, 2.45) is 0 Å². The Morgan fingerprint density at radius 1 is 1.36 bits per heavy atom. The molecule has 1 N–H and O–H groups in total. The van der Waals surface area contributed by atoms with Crippen molar-refractivity contribution < 1.29 is 4.79 Å². The Kier molecular flexibility index (Phi) is 5.16. The summed E-state index contributed by atoms with van der Waals surface area (Å²) < 4.78 is 0. The molecule has 1 aromatic rings. The zero-order valence-corrected chi connectivity index (χ0v) is 12.5. The highest BCUT2D eigenvalue weighted by molar-refractivity contribution is 6.07. The highest BCUT2D eigenvalue weighted by atomic mass is 16.1. The summed E-state index contributed by atoms with van der Waals surface area (Å²) in [6.07, 6.45) is 4.94. The summed E-state index contributed by atoms with van der Waals surface area (Å²) in [6, 6.07) is 11.0. The van der Waals surface area contributed by atoms with Crippen molar-refractivity contribution in [1.82, 2.24) is 4.90 Å². The van der Waals surface area contributed by atoms with Crippen molar-refractivity contribution in [3.63, 3.8) is 0 Å². The van der Waals surface area contributed by atoms with Gasteiger partial charge in [0, 0.05) is 18.8 Å². The van der Waals surface area contributed by atoms with Crippen molar-refractivity contribution in [2.45, 2.75) is 32.2 Å². The van der Waals surface area contributed by atoms with Gasteiger partial charge >= 0.3 is 0 Å². The molecule has 0 aliphatic carbocycles. The average molecular weight is 294 g/mol. The van der Waals surface area contributed by atoms with Crippen LogP contribution in [0.25, 0.3) is 0 Å². The van der Waals surface area contributed by atoms with Gasteiger partial charge in [0.05, 0.1) is 11.3 Å². The molecular formula is C17H18N4O. The van der Waals surface area contributed by atoms with Crippen LogP contribution in [0.2, 0.25) is 0 Å². The number of nitrogens with one attached hydrogen (secondary N) is 1. The highest BCUT2D eigenvalue weighted by Crippen LogP contribution is 2.19. The minimum absolute atomic E-state index is 0.0569. The Labute approximate surface area is 130 Å². The number of rotatable bonds is 3. The van der Waals surface area contributed by atoms with Gasteiger partial charge in [-0.2, -0.15) is 10.5 Å². The molecule has 1 aliphatic heterocycles. The summed E-state index contributed by atoms with van der Waals surface area (Å²) >= 11 is 0. The molecule has 1 heterocycles. The van der Waals surface area contributed by atoms with Crippen LogP contribution in [0.3, 0.4) is 0 Å². The molecule has 5 nitrogen and oxygen atoms in total.